The van der Waals surface area contributed by atoms with Gasteiger partial charge in [0, 0.05) is 32.7 Å². The van der Waals surface area contributed by atoms with Gasteiger partial charge < -0.3 is 14.5 Å². The first kappa shape index (κ1) is 21.3. The van der Waals surface area contributed by atoms with E-state index >= 15 is 0 Å². The molecule has 26 heavy (non-hydrogen) atoms. The van der Waals surface area contributed by atoms with E-state index < -0.39 is 18.3 Å². The average molecular weight is 379 g/mol. The molecule has 1 amide bonds. The van der Waals surface area contributed by atoms with E-state index in [4.69, 9.17) is 4.74 Å². The van der Waals surface area contributed by atoms with E-state index in [1.54, 1.807) is 4.90 Å². The molecule has 5 nitrogen and oxygen atoms in total. The summed E-state index contributed by atoms with van der Waals surface area (Å²) in [6, 6.07) is 0. The van der Waals surface area contributed by atoms with Gasteiger partial charge in [-0.2, -0.15) is 13.2 Å². The second-order valence-electron chi connectivity index (χ2n) is 8.48. The van der Waals surface area contributed by atoms with E-state index in [0.29, 0.717) is 38.6 Å². The van der Waals surface area contributed by atoms with E-state index in [1.807, 2.05) is 20.8 Å². The Kier molecular flexibility index (Phi) is 7.19. The molecular formula is C18H32F3N3O2. The molecule has 2 fully saturated rings. The Morgan fingerprint density at radius 3 is 2.31 bits per heavy atom. The van der Waals surface area contributed by atoms with Crippen LogP contribution in [-0.2, 0) is 4.74 Å². The van der Waals surface area contributed by atoms with Crippen LogP contribution in [0.3, 0.4) is 0 Å². The smallest absolute Gasteiger partial charge is 0.410 e. The van der Waals surface area contributed by atoms with E-state index in [0.717, 1.165) is 32.4 Å². The summed E-state index contributed by atoms with van der Waals surface area (Å²) in [4.78, 5) is 17.8. The molecule has 0 bridgehead atoms. The minimum atomic E-state index is -4.13. The van der Waals surface area contributed by atoms with Gasteiger partial charge in [0.25, 0.3) is 0 Å². The first-order valence-electron chi connectivity index (χ1n) is 9.51. The monoisotopic (exact) mass is 379 g/mol. The van der Waals surface area contributed by atoms with Gasteiger partial charge in [0.2, 0.25) is 0 Å². The summed E-state index contributed by atoms with van der Waals surface area (Å²) in [5.74, 6) is 0.352. The SMILES string of the molecule is CC(C)(C)OC(=O)N1CCCC(CN2CCCN(CC(F)(F)F)CC2)C1. The summed E-state index contributed by atoms with van der Waals surface area (Å²) in [5.41, 5.74) is -0.503. The molecule has 2 rings (SSSR count). The third kappa shape index (κ3) is 7.70. The Morgan fingerprint density at radius 2 is 1.65 bits per heavy atom. The molecule has 0 aromatic rings. The van der Waals surface area contributed by atoms with Crippen molar-refractivity contribution in [2.45, 2.75) is 51.8 Å². The minimum absolute atomic E-state index is 0.269. The lowest BCUT2D eigenvalue weighted by molar-refractivity contribution is -0.145. The molecule has 0 radical (unpaired) electrons. The highest BCUT2D eigenvalue weighted by atomic mass is 19.4. The predicted molar refractivity (Wildman–Crippen MR) is 94.1 cm³/mol. The van der Waals surface area contributed by atoms with Crippen LogP contribution in [0.4, 0.5) is 18.0 Å². The van der Waals surface area contributed by atoms with Crippen molar-refractivity contribution in [2.75, 3.05) is 52.4 Å². The maximum absolute atomic E-state index is 12.6. The second-order valence-corrected chi connectivity index (χ2v) is 8.48. The largest absolute Gasteiger partial charge is 0.444 e. The lowest BCUT2D eigenvalue weighted by Gasteiger charge is -2.36. The zero-order valence-electron chi connectivity index (χ0n) is 16.1. The Bertz CT molecular complexity index is 466. The average Bonchev–Trinajstić information content (AvgIpc) is 2.69. The number of carbonyl (C=O) groups excluding carboxylic acids is 1. The standard InChI is InChI=1S/C18H32F3N3O2/c1-17(2,3)26-16(25)24-9-4-6-15(13-24)12-22-7-5-8-23(11-10-22)14-18(19,20)21/h15H,4-14H2,1-3H3. The highest BCUT2D eigenvalue weighted by Crippen LogP contribution is 2.22. The summed E-state index contributed by atoms with van der Waals surface area (Å²) in [5, 5.41) is 0. The summed E-state index contributed by atoms with van der Waals surface area (Å²) in [7, 11) is 0. The van der Waals surface area contributed by atoms with Crippen molar-refractivity contribution in [3.8, 4) is 0 Å². The number of halogens is 3. The lowest BCUT2D eigenvalue weighted by Crippen LogP contribution is -2.46. The van der Waals surface area contributed by atoms with Crippen LogP contribution in [0.5, 0.6) is 0 Å². The molecule has 8 heteroatoms. The Balaban J connectivity index is 1.80. The fourth-order valence-electron chi connectivity index (χ4n) is 3.69. The number of rotatable bonds is 3. The molecule has 0 aliphatic carbocycles. The quantitative estimate of drug-likeness (QED) is 0.755. The number of alkyl halides is 3. The van der Waals surface area contributed by atoms with Crippen LogP contribution in [0.15, 0.2) is 0 Å². The van der Waals surface area contributed by atoms with Crippen molar-refractivity contribution in [1.29, 1.82) is 0 Å². The fraction of sp³-hybridized carbons (Fsp3) is 0.944. The number of hydrogen-bond acceptors (Lipinski definition) is 4. The van der Waals surface area contributed by atoms with Crippen molar-refractivity contribution in [2.24, 2.45) is 5.92 Å². The maximum atomic E-state index is 12.6. The van der Waals surface area contributed by atoms with Crippen LogP contribution < -0.4 is 0 Å². The van der Waals surface area contributed by atoms with E-state index in [1.165, 1.54) is 4.90 Å². The van der Waals surface area contributed by atoms with Crippen molar-refractivity contribution in [3.63, 3.8) is 0 Å². The van der Waals surface area contributed by atoms with Crippen molar-refractivity contribution in [3.05, 3.63) is 0 Å². The van der Waals surface area contributed by atoms with E-state index in [-0.39, 0.29) is 6.09 Å². The van der Waals surface area contributed by atoms with Gasteiger partial charge in [-0.05, 0) is 59.0 Å². The van der Waals surface area contributed by atoms with Gasteiger partial charge in [0.05, 0.1) is 6.54 Å². The number of ether oxygens (including phenoxy) is 1. The Hall–Kier alpha value is -1.02. The van der Waals surface area contributed by atoms with Crippen LogP contribution in [0.25, 0.3) is 0 Å². The topological polar surface area (TPSA) is 36.0 Å². The summed E-state index contributed by atoms with van der Waals surface area (Å²) < 4.78 is 43.2. The third-order valence-corrected chi connectivity index (χ3v) is 4.77. The summed E-state index contributed by atoms with van der Waals surface area (Å²) >= 11 is 0. The summed E-state index contributed by atoms with van der Waals surface area (Å²) in [6.07, 6.45) is -1.67. The lowest BCUT2D eigenvalue weighted by atomic mass is 9.97. The first-order chi connectivity index (χ1) is 12.0. The van der Waals surface area contributed by atoms with Gasteiger partial charge in [-0.15, -0.1) is 0 Å². The Labute approximate surface area is 154 Å². The zero-order valence-corrected chi connectivity index (χ0v) is 16.1. The minimum Gasteiger partial charge on any atom is -0.444 e. The van der Waals surface area contributed by atoms with Gasteiger partial charge in [-0.3, -0.25) is 4.90 Å². The molecule has 0 N–H and O–H groups in total. The molecule has 152 valence electrons. The fourth-order valence-corrected chi connectivity index (χ4v) is 3.69. The number of likely N-dealkylation sites (tertiary alicyclic amines) is 1. The highest BCUT2D eigenvalue weighted by molar-refractivity contribution is 5.68. The molecule has 1 unspecified atom stereocenters. The van der Waals surface area contributed by atoms with Crippen LogP contribution in [-0.4, -0.2) is 84.9 Å². The number of nitrogens with zero attached hydrogens (tertiary/aromatic N) is 3. The molecule has 0 spiro atoms. The third-order valence-electron chi connectivity index (χ3n) is 4.77. The molecule has 2 saturated heterocycles. The van der Waals surface area contributed by atoms with E-state index in [9.17, 15) is 18.0 Å². The number of piperidine rings is 1. The van der Waals surface area contributed by atoms with Gasteiger partial charge in [-0.1, -0.05) is 0 Å². The normalized spacial score (nSPS) is 24.4. The van der Waals surface area contributed by atoms with Crippen molar-refractivity contribution < 1.29 is 22.7 Å². The van der Waals surface area contributed by atoms with Gasteiger partial charge in [0.1, 0.15) is 5.60 Å². The molecule has 2 aliphatic rings. The Morgan fingerprint density at radius 1 is 1.00 bits per heavy atom. The van der Waals surface area contributed by atoms with Gasteiger partial charge >= 0.3 is 12.3 Å². The predicted octanol–water partition coefficient (Wildman–Crippen LogP) is 3.20. The van der Waals surface area contributed by atoms with E-state index in [2.05, 4.69) is 4.90 Å². The highest BCUT2D eigenvalue weighted by Gasteiger charge is 2.32. The van der Waals surface area contributed by atoms with Crippen LogP contribution in [0.1, 0.15) is 40.0 Å². The molecular weight excluding hydrogens is 347 g/mol. The molecule has 0 saturated carbocycles. The number of hydrogen-bond donors (Lipinski definition) is 0. The summed E-state index contributed by atoms with van der Waals surface area (Å²) in [6.45, 7) is 9.37. The molecule has 2 aliphatic heterocycles. The van der Waals surface area contributed by atoms with Crippen LogP contribution in [0.2, 0.25) is 0 Å². The second kappa shape index (κ2) is 8.78. The van der Waals surface area contributed by atoms with Gasteiger partial charge in [-0.25, -0.2) is 4.79 Å². The van der Waals surface area contributed by atoms with Crippen molar-refractivity contribution in [1.82, 2.24) is 14.7 Å². The molecule has 0 aromatic carbocycles. The number of amides is 1. The van der Waals surface area contributed by atoms with Gasteiger partial charge in [0.15, 0.2) is 0 Å². The maximum Gasteiger partial charge on any atom is 0.410 e. The van der Waals surface area contributed by atoms with Crippen LogP contribution in [0, 0.1) is 5.92 Å². The van der Waals surface area contributed by atoms with Crippen molar-refractivity contribution >= 4 is 6.09 Å². The molecule has 2 heterocycles. The molecule has 1 atom stereocenters. The zero-order chi connectivity index (χ0) is 19.4. The number of carbonyl (C=O) groups is 1. The van der Waals surface area contributed by atoms with Crippen LogP contribution >= 0.6 is 0 Å². The molecule has 0 aromatic heterocycles. The first-order valence-corrected chi connectivity index (χ1v) is 9.51.